The van der Waals surface area contributed by atoms with Crippen LogP contribution in [0.1, 0.15) is 13.8 Å². The van der Waals surface area contributed by atoms with E-state index >= 15 is 0 Å². The standard InChI is InChI=1S/C16H16N4O2/c1-11(21)17-14-8-9-15(16(10-14)18-12(2)22)20-19-13-6-4-3-5-7-13/h3-10H,1-2H3,(H,17,21)(H,18,22). The minimum absolute atomic E-state index is 0.188. The second kappa shape index (κ2) is 7.12. The Labute approximate surface area is 128 Å². The zero-order valence-electron chi connectivity index (χ0n) is 12.3. The van der Waals surface area contributed by atoms with Crippen LogP contribution in [-0.2, 0) is 9.59 Å². The molecule has 0 spiro atoms. The Morgan fingerprint density at radius 3 is 2.18 bits per heavy atom. The Kier molecular flexibility index (Phi) is 4.98. The van der Waals surface area contributed by atoms with Crippen LogP contribution in [0.4, 0.5) is 22.7 Å². The number of benzene rings is 2. The summed E-state index contributed by atoms with van der Waals surface area (Å²) in [7, 11) is 0. The van der Waals surface area contributed by atoms with E-state index in [9.17, 15) is 9.59 Å². The molecule has 0 atom stereocenters. The van der Waals surface area contributed by atoms with Crippen molar-refractivity contribution in [3.63, 3.8) is 0 Å². The first-order chi connectivity index (χ1) is 10.5. The number of anilines is 2. The molecule has 0 aliphatic carbocycles. The van der Waals surface area contributed by atoms with Gasteiger partial charge in [0.25, 0.3) is 0 Å². The molecule has 2 amide bonds. The predicted molar refractivity (Wildman–Crippen MR) is 85.7 cm³/mol. The number of carbonyl (C=O) groups is 2. The highest BCUT2D eigenvalue weighted by Gasteiger charge is 2.06. The van der Waals surface area contributed by atoms with E-state index in [1.165, 1.54) is 13.8 Å². The molecule has 0 bridgehead atoms. The summed E-state index contributed by atoms with van der Waals surface area (Å²) in [5.74, 6) is -0.413. The van der Waals surface area contributed by atoms with Crippen LogP contribution in [0.15, 0.2) is 58.8 Å². The lowest BCUT2D eigenvalue weighted by atomic mass is 10.2. The maximum atomic E-state index is 11.3. The maximum Gasteiger partial charge on any atom is 0.221 e. The summed E-state index contributed by atoms with van der Waals surface area (Å²) in [5.41, 5.74) is 2.28. The molecule has 0 unspecified atom stereocenters. The number of amides is 2. The second-order valence-electron chi connectivity index (χ2n) is 4.63. The number of hydrogen-bond donors (Lipinski definition) is 2. The van der Waals surface area contributed by atoms with Crippen molar-refractivity contribution in [2.75, 3.05) is 10.6 Å². The van der Waals surface area contributed by atoms with Gasteiger partial charge in [-0.15, -0.1) is 5.11 Å². The van der Waals surface area contributed by atoms with Gasteiger partial charge >= 0.3 is 0 Å². The first kappa shape index (κ1) is 15.4. The Bertz CT molecular complexity index is 711. The zero-order valence-corrected chi connectivity index (χ0v) is 12.3. The van der Waals surface area contributed by atoms with E-state index in [1.807, 2.05) is 30.3 Å². The molecule has 0 aliphatic heterocycles. The highest BCUT2D eigenvalue weighted by molar-refractivity contribution is 5.95. The van der Waals surface area contributed by atoms with E-state index in [4.69, 9.17) is 0 Å². The van der Waals surface area contributed by atoms with Crippen molar-refractivity contribution in [2.45, 2.75) is 13.8 Å². The number of nitrogens with one attached hydrogen (secondary N) is 2. The quantitative estimate of drug-likeness (QED) is 0.835. The summed E-state index contributed by atoms with van der Waals surface area (Å²) >= 11 is 0. The Morgan fingerprint density at radius 1 is 0.864 bits per heavy atom. The van der Waals surface area contributed by atoms with Crippen LogP contribution >= 0.6 is 0 Å². The van der Waals surface area contributed by atoms with E-state index in [0.29, 0.717) is 22.7 Å². The monoisotopic (exact) mass is 296 g/mol. The Balaban J connectivity index is 2.30. The third-order valence-corrected chi connectivity index (χ3v) is 2.66. The molecule has 22 heavy (non-hydrogen) atoms. The van der Waals surface area contributed by atoms with Crippen molar-refractivity contribution in [3.8, 4) is 0 Å². The van der Waals surface area contributed by atoms with Gasteiger partial charge in [0.05, 0.1) is 11.4 Å². The van der Waals surface area contributed by atoms with Gasteiger partial charge in [0.1, 0.15) is 5.69 Å². The average molecular weight is 296 g/mol. The first-order valence-corrected chi connectivity index (χ1v) is 6.70. The highest BCUT2D eigenvalue weighted by atomic mass is 16.2. The highest BCUT2D eigenvalue weighted by Crippen LogP contribution is 2.30. The third-order valence-electron chi connectivity index (χ3n) is 2.66. The molecule has 2 aromatic carbocycles. The molecule has 2 N–H and O–H groups in total. The molecule has 112 valence electrons. The SMILES string of the molecule is CC(=O)Nc1ccc(N=Nc2ccccc2)c(NC(C)=O)c1. The molecule has 0 radical (unpaired) electrons. The smallest absolute Gasteiger partial charge is 0.221 e. The van der Waals surface area contributed by atoms with Gasteiger partial charge in [-0.1, -0.05) is 18.2 Å². The van der Waals surface area contributed by atoms with Gasteiger partial charge in [-0.05, 0) is 30.3 Å². The number of nitrogens with zero attached hydrogens (tertiary/aromatic N) is 2. The minimum Gasteiger partial charge on any atom is -0.326 e. The molecule has 0 heterocycles. The van der Waals surface area contributed by atoms with Crippen LogP contribution in [0.25, 0.3) is 0 Å². The lowest BCUT2D eigenvalue weighted by Crippen LogP contribution is -2.08. The summed E-state index contributed by atoms with van der Waals surface area (Å²) in [4.78, 5) is 22.4. The van der Waals surface area contributed by atoms with Crippen LogP contribution < -0.4 is 10.6 Å². The second-order valence-corrected chi connectivity index (χ2v) is 4.63. The Hall–Kier alpha value is -3.02. The van der Waals surface area contributed by atoms with Gasteiger partial charge in [-0.3, -0.25) is 9.59 Å². The van der Waals surface area contributed by atoms with Crippen molar-refractivity contribution in [2.24, 2.45) is 10.2 Å². The van der Waals surface area contributed by atoms with Gasteiger partial charge < -0.3 is 10.6 Å². The van der Waals surface area contributed by atoms with Crippen LogP contribution in [0, 0.1) is 0 Å². The summed E-state index contributed by atoms with van der Waals surface area (Å²) in [6, 6.07) is 14.3. The fourth-order valence-corrected chi connectivity index (χ4v) is 1.80. The van der Waals surface area contributed by atoms with Gasteiger partial charge in [0, 0.05) is 19.5 Å². The third kappa shape index (κ3) is 4.52. The lowest BCUT2D eigenvalue weighted by molar-refractivity contribution is -0.115. The van der Waals surface area contributed by atoms with Gasteiger partial charge in [0.2, 0.25) is 11.8 Å². The molecule has 6 nitrogen and oxygen atoms in total. The summed E-state index contributed by atoms with van der Waals surface area (Å²) < 4.78 is 0. The molecule has 0 fully saturated rings. The molecule has 6 heteroatoms. The molecule has 2 aromatic rings. The molecular weight excluding hydrogens is 280 g/mol. The summed E-state index contributed by atoms with van der Waals surface area (Å²) in [6.45, 7) is 2.82. The van der Waals surface area contributed by atoms with Crippen LogP contribution in [0.5, 0.6) is 0 Å². The van der Waals surface area contributed by atoms with Crippen molar-refractivity contribution in [1.29, 1.82) is 0 Å². The Morgan fingerprint density at radius 2 is 1.55 bits per heavy atom. The number of rotatable bonds is 4. The van der Waals surface area contributed by atoms with Gasteiger partial charge in [0.15, 0.2) is 0 Å². The first-order valence-electron chi connectivity index (χ1n) is 6.70. The van der Waals surface area contributed by atoms with Crippen molar-refractivity contribution >= 4 is 34.6 Å². The molecule has 0 aliphatic rings. The number of azo groups is 1. The summed E-state index contributed by atoms with van der Waals surface area (Å²) in [6.07, 6.45) is 0. The fraction of sp³-hybridized carbons (Fsp3) is 0.125. The van der Waals surface area contributed by atoms with E-state index in [-0.39, 0.29) is 11.8 Å². The molecule has 0 saturated heterocycles. The fourth-order valence-electron chi connectivity index (χ4n) is 1.80. The maximum absolute atomic E-state index is 11.3. The van der Waals surface area contributed by atoms with Crippen LogP contribution in [-0.4, -0.2) is 11.8 Å². The van der Waals surface area contributed by atoms with Gasteiger partial charge in [-0.25, -0.2) is 0 Å². The van der Waals surface area contributed by atoms with Crippen LogP contribution in [0.2, 0.25) is 0 Å². The molecule has 0 saturated carbocycles. The van der Waals surface area contributed by atoms with Crippen LogP contribution in [0.3, 0.4) is 0 Å². The molecular formula is C16H16N4O2. The largest absolute Gasteiger partial charge is 0.326 e. The van der Waals surface area contributed by atoms with E-state index in [1.54, 1.807) is 18.2 Å². The van der Waals surface area contributed by atoms with E-state index < -0.39 is 0 Å². The molecule has 0 aromatic heterocycles. The lowest BCUT2D eigenvalue weighted by Gasteiger charge is -2.09. The normalized spacial score (nSPS) is 10.5. The predicted octanol–water partition coefficient (Wildman–Crippen LogP) is 4.02. The van der Waals surface area contributed by atoms with Crippen molar-refractivity contribution in [1.82, 2.24) is 0 Å². The van der Waals surface area contributed by atoms with Crippen molar-refractivity contribution in [3.05, 3.63) is 48.5 Å². The molecule has 2 rings (SSSR count). The summed E-state index contributed by atoms with van der Waals surface area (Å²) in [5, 5.41) is 13.6. The van der Waals surface area contributed by atoms with Gasteiger partial charge in [-0.2, -0.15) is 5.11 Å². The topological polar surface area (TPSA) is 82.9 Å². The van der Waals surface area contributed by atoms with E-state index in [0.717, 1.165) is 0 Å². The average Bonchev–Trinajstić information content (AvgIpc) is 2.46. The van der Waals surface area contributed by atoms with Crippen molar-refractivity contribution < 1.29 is 9.59 Å². The number of hydrogen-bond acceptors (Lipinski definition) is 4. The van der Waals surface area contributed by atoms with E-state index in [2.05, 4.69) is 20.9 Å². The number of carbonyl (C=O) groups excluding carboxylic acids is 2. The minimum atomic E-state index is -0.226. The zero-order chi connectivity index (χ0) is 15.9.